The molecule has 2 aliphatic rings. The van der Waals surface area contributed by atoms with Crippen molar-refractivity contribution in [3.05, 3.63) is 59.5 Å². The van der Waals surface area contributed by atoms with Gasteiger partial charge in [-0.05, 0) is 62.7 Å². The van der Waals surface area contributed by atoms with Crippen LogP contribution in [0, 0.1) is 12.7 Å². The van der Waals surface area contributed by atoms with Crippen molar-refractivity contribution in [2.45, 2.75) is 39.4 Å². The summed E-state index contributed by atoms with van der Waals surface area (Å²) in [5.41, 5.74) is 1.29. The normalized spacial score (nSPS) is 18.9. The molecule has 2 saturated heterocycles. The van der Waals surface area contributed by atoms with Crippen LogP contribution in [-0.2, 0) is 6.18 Å². The smallest absolute Gasteiger partial charge is 0.352 e. The predicted octanol–water partition coefficient (Wildman–Crippen LogP) is 5.25. The minimum absolute atomic E-state index is 0.0442. The van der Waals surface area contributed by atoms with Gasteiger partial charge >= 0.3 is 6.18 Å². The molecule has 0 N–H and O–H groups in total. The van der Waals surface area contributed by atoms with Gasteiger partial charge in [-0.2, -0.15) is 18.2 Å². The minimum Gasteiger partial charge on any atom is -0.352 e. The maximum absolute atomic E-state index is 14.1. The average molecular weight is 558 g/mol. The number of hydrogen-bond donors (Lipinski definition) is 0. The third-order valence-corrected chi connectivity index (χ3v) is 7.66. The zero-order valence-corrected chi connectivity index (χ0v) is 23.1. The SMILES string of the molecule is CCCN1CCN(c2nc(-c3ccc(F)c(C)c3)cc(N3CCN(c4ncccc4C(F)(F)F)C[C@H]3C)n2)CC1. The van der Waals surface area contributed by atoms with Crippen LogP contribution in [0.25, 0.3) is 11.3 Å². The standard InChI is InChI=1S/C29H35F4N7/c1-4-10-37-11-13-38(14-12-37)28-35-25(22-7-8-24(30)20(2)17-22)18-26(36-28)40-16-15-39(19-21(40)3)27-23(29(31,32)33)6-5-9-34-27/h5-9,17-18,21H,4,10-16,19H2,1-3H3/t21-/m1/s1. The van der Waals surface area contributed by atoms with Gasteiger partial charge in [0.15, 0.2) is 0 Å². The fourth-order valence-corrected chi connectivity index (χ4v) is 5.51. The molecule has 0 aliphatic carbocycles. The lowest BCUT2D eigenvalue weighted by atomic mass is 10.1. The number of nitrogens with zero attached hydrogens (tertiary/aromatic N) is 7. The fraction of sp³-hybridized carbons (Fsp3) is 0.483. The summed E-state index contributed by atoms with van der Waals surface area (Å²) in [7, 11) is 0. The lowest BCUT2D eigenvalue weighted by Crippen LogP contribution is -2.53. The second kappa shape index (κ2) is 11.6. The van der Waals surface area contributed by atoms with E-state index in [-0.39, 0.29) is 17.7 Å². The van der Waals surface area contributed by atoms with Crippen LogP contribution in [0.2, 0.25) is 0 Å². The van der Waals surface area contributed by atoms with Crippen molar-refractivity contribution in [3.8, 4) is 11.3 Å². The van der Waals surface area contributed by atoms with Crippen LogP contribution in [-0.4, -0.2) is 78.3 Å². The first-order valence-corrected chi connectivity index (χ1v) is 13.8. The van der Waals surface area contributed by atoms with Gasteiger partial charge in [0.2, 0.25) is 5.95 Å². The van der Waals surface area contributed by atoms with E-state index in [1.54, 1.807) is 24.0 Å². The number of pyridine rings is 1. The largest absolute Gasteiger partial charge is 0.419 e. The number of anilines is 3. The van der Waals surface area contributed by atoms with E-state index < -0.39 is 11.7 Å². The molecule has 0 amide bonds. The van der Waals surface area contributed by atoms with E-state index in [0.717, 1.165) is 50.8 Å². The maximum Gasteiger partial charge on any atom is 0.419 e. The van der Waals surface area contributed by atoms with E-state index in [2.05, 4.69) is 26.6 Å². The molecule has 0 spiro atoms. The van der Waals surface area contributed by atoms with Gasteiger partial charge in [-0.3, -0.25) is 4.90 Å². The minimum atomic E-state index is -4.48. The number of aryl methyl sites for hydroxylation is 1. The van der Waals surface area contributed by atoms with Crippen molar-refractivity contribution in [1.82, 2.24) is 19.9 Å². The molecule has 4 heterocycles. The van der Waals surface area contributed by atoms with Gasteiger partial charge in [-0.25, -0.2) is 14.4 Å². The molecule has 1 atom stereocenters. The molecule has 0 radical (unpaired) electrons. The van der Waals surface area contributed by atoms with Gasteiger partial charge in [0.1, 0.15) is 17.5 Å². The maximum atomic E-state index is 14.1. The summed E-state index contributed by atoms with van der Waals surface area (Å²) in [5.74, 6) is 1.01. The van der Waals surface area contributed by atoms with E-state index >= 15 is 0 Å². The van der Waals surface area contributed by atoms with Gasteiger partial charge in [0.05, 0.1) is 11.3 Å². The summed E-state index contributed by atoms with van der Waals surface area (Å²) in [4.78, 5) is 22.4. The van der Waals surface area contributed by atoms with E-state index in [9.17, 15) is 17.6 Å². The van der Waals surface area contributed by atoms with Crippen LogP contribution in [0.4, 0.5) is 35.1 Å². The molecule has 0 saturated carbocycles. The third kappa shape index (κ3) is 5.99. The second-order valence-electron chi connectivity index (χ2n) is 10.6. The van der Waals surface area contributed by atoms with Crippen molar-refractivity contribution in [1.29, 1.82) is 0 Å². The van der Waals surface area contributed by atoms with Crippen LogP contribution in [0.1, 0.15) is 31.4 Å². The molecule has 2 aromatic heterocycles. The first-order valence-electron chi connectivity index (χ1n) is 13.8. The van der Waals surface area contributed by atoms with Gasteiger partial charge in [0.25, 0.3) is 0 Å². The Morgan fingerprint density at radius 1 is 0.950 bits per heavy atom. The molecule has 214 valence electrons. The Labute approximate surface area is 232 Å². The van der Waals surface area contributed by atoms with Crippen LogP contribution >= 0.6 is 0 Å². The highest BCUT2D eigenvalue weighted by atomic mass is 19.4. The first kappa shape index (κ1) is 28.1. The molecule has 40 heavy (non-hydrogen) atoms. The van der Waals surface area contributed by atoms with E-state index in [1.807, 2.05) is 13.0 Å². The first-order chi connectivity index (χ1) is 19.1. The molecule has 11 heteroatoms. The third-order valence-electron chi connectivity index (χ3n) is 7.66. The highest BCUT2D eigenvalue weighted by molar-refractivity contribution is 5.66. The molecule has 5 rings (SSSR count). The number of piperazine rings is 2. The molecule has 0 bridgehead atoms. The fourth-order valence-electron chi connectivity index (χ4n) is 5.51. The summed E-state index contributed by atoms with van der Waals surface area (Å²) in [5, 5.41) is 0. The van der Waals surface area contributed by atoms with E-state index in [1.165, 1.54) is 18.3 Å². The quantitative estimate of drug-likeness (QED) is 0.384. The predicted molar refractivity (Wildman–Crippen MR) is 149 cm³/mol. The van der Waals surface area contributed by atoms with Crippen molar-refractivity contribution >= 4 is 17.6 Å². The Morgan fingerprint density at radius 3 is 2.38 bits per heavy atom. The van der Waals surface area contributed by atoms with Crippen molar-refractivity contribution < 1.29 is 17.6 Å². The number of halogens is 4. The van der Waals surface area contributed by atoms with Gasteiger partial charge in [-0.15, -0.1) is 0 Å². The van der Waals surface area contributed by atoms with E-state index in [4.69, 9.17) is 9.97 Å². The monoisotopic (exact) mass is 557 g/mol. The molecule has 2 aliphatic heterocycles. The zero-order valence-electron chi connectivity index (χ0n) is 23.1. The molecule has 7 nitrogen and oxygen atoms in total. The van der Waals surface area contributed by atoms with Crippen LogP contribution in [0.15, 0.2) is 42.6 Å². The summed E-state index contributed by atoms with van der Waals surface area (Å²) in [6.45, 7) is 11.6. The van der Waals surface area contributed by atoms with Crippen molar-refractivity contribution in [3.63, 3.8) is 0 Å². The zero-order chi connectivity index (χ0) is 28.4. The van der Waals surface area contributed by atoms with Crippen LogP contribution < -0.4 is 14.7 Å². The lowest BCUT2D eigenvalue weighted by molar-refractivity contribution is -0.137. The number of benzene rings is 1. The molecule has 3 aromatic rings. The number of rotatable bonds is 6. The topological polar surface area (TPSA) is 51.6 Å². The highest BCUT2D eigenvalue weighted by Crippen LogP contribution is 2.36. The van der Waals surface area contributed by atoms with Gasteiger partial charge in [0, 0.05) is 69.7 Å². The number of hydrogen-bond acceptors (Lipinski definition) is 7. The molecular weight excluding hydrogens is 522 g/mol. The molecule has 1 aromatic carbocycles. The van der Waals surface area contributed by atoms with Crippen molar-refractivity contribution in [2.24, 2.45) is 0 Å². The van der Waals surface area contributed by atoms with Crippen LogP contribution in [0.3, 0.4) is 0 Å². The van der Waals surface area contributed by atoms with E-state index in [0.29, 0.717) is 42.7 Å². The Hall–Kier alpha value is -3.47. The Morgan fingerprint density at radius 2 is 1.70 bits per heavy atom. The summed E-state index contributed by atoms with van der Waals surface area (Å²) in [6, 6.07) is 9.11. The Kier molecular flexibility index (Phi) is 8.11. The summed E-state index contributed by atoms with van der Waals surface area (Å²) in [6.07, 6.45) is -1.97. The molecule has 0 unspecified atom stereocenters. The van der Waals surface area contributed by atoms with Gasteiger partial charge in [-0.1, -0.05) is 6.92 Å². The molecular formula is C29H35F4N7. The summed E-state index contributed by atoms with van der Waals surface area (Å²) >= 11 is 0. The Balaban J connectivity index is 1.44. The Bertz CT molecular complexity index is 1320. The summed E-state index contributed by atoms with van der Waals surface area (Å²) < 4.78 is 55.0. The van der Waals surface area contributed by atoms with Crippen LogP contribution in [0.5, 0.6) is 0 Å². The van der Waals surface area contributed by atoms with Gasteiger partial charge < -0.3 is 14.7 Å². The molecule has 2 fully saturated rings. The average Bonchev–Trinajstić information content (AvgIpc) is 2.94. The number of aromatic nitrogens is 3. The highest BCUT2D eigenvalue weighted by Gasteiger charge is 2.37. The lowest BCUT2D eigenvalue weighted by Gasteiger charge is -2.42. The second-order valence-corrected chi connectivity index (χ2v) is 10.6. The number of alkyl halides is 3. The van der Waals surface area contributed by atoms with Crippen molar-refractivity contribution in [2.75, 3.05) is 67.1 Å².